The van der Waals surface area contributed by atoms with Crippen LogP contribution in [0, 0.1) is 0 Å². The molecule has 0 aliphatic carbocycles. The van der Waals surface area contributed by atoms with Gasteiger partial charge in [0.2, 0.25) is 5.91 Å². The summed E-state index contributed by atoms with van der Waals surface area (Å²) in [6.07, 6.45) is 2.79. The van der Waals surface area contributed by atoms with E-state index in [0.717, 1.165) is 5.56 Å². The molecule has 176 valence electrons. The monoisotopic (exact) mass is 444 g/mol. The molecule has 0 aliphatic heterocycles. The van der Waals surface area contributed by atoms with Crippen molar-refractivity contribution in [3.8, 4) is 0 Å². The van der Waals surface area contributed by atoms with E-state index in [4.69, 9.17) is 9.47 Å². The van der Waals surface area contributed by atoms with Crippen LogP contribution in [0.5, 0.6) is 0 Å². The van der Waals surface area contributed by atoms with E-state index in [1.807, 2.05) is 30.3 Å². The number of hydrogen-bond acceptors (Lipinski definition) is 5. The van der Waals surface area contributed by atoms with Crippen molar-refractivity contribution in [1.29, 1.82) is 0 Å². The summed E-state index contributed by atoms with van der Waals surface area (Å²) in [5.74, 6) is -0.715. The van der Waals surface area contributed by atoms with Crippen molar-refractivity contribution in [1.82, 2.24) is 10.2 Å². The van der Waals surface area contributed by atoms with Crippen molar-refractivity contribution in [2.45, 2.75) is 70.7 Å². The highest BCUT2D eigenvalue weighted by molar-refractivity contribution is 5.86. The van der Waals surface area contributed by atoms with Crippen LogP contribution >= 0.6 is 0 Å². The van der Waals surface area contributed by atoms with Crippen LogP contribution in [0.2, 0.25) is 0 Å². The molecule has 1 aromatic rings. The Labute approximate surface area is 191 Å². The number of nitrogens with zero attached hydrogens (tertiary/aromatic N) is 1. The summed E-state index contributed by atoms with van der Waals surface area (Å²) in [6.45, 7) is 14.3. The second kappa shape index (κ2) is 12.7. The number of likely N-dealkylation sites (N-methyl/N-ethyl adjacent to an activating group) is 1. The molecular weight excluding hydrogens is 408 g/mol. The molecule has 1 N–H and O–H groups in total. The summed E-state index contributed by atoms with van der Waals surface area (Å²) in [5.41, 5.74) is 0.0790. The summed E-state index contributed by atoms with van der Waals surface area (Å²) >= 11 is 0. The van der Waals surface area contributed by atoms with E-state index in [-0.39, 0.29) is 24.7 Å². The van der Waals surface area contributed by atoms with Gasteiger partial charge in [-0.05, 0) is 46.1 Å². The van der Waals surface area contributed by atoms with Gasteiger partial charge in [0.1, 0.15) is 17.7 Å². The normalized spacial score (nSPS) is 13.8. The highest BCUT2D eigenvalue weighted by Gasteiger charge is 2.33. The van der Waals surface area contributed by atoms with E-state index >= 15 is 0 Å². The zero-order valence-electron chi connectivity index (χ0n) is 19.8. The largest absolute Gasteiger partial charge is 0.455 e. The Morgan fingerprint density at radius 3 is 2.28 bits per heavy atom. The maximum atomic E-state index is 13.2. The summed E-state index contributed by atoms with van der Waals surface area (Å²) in [6, 6.07) is 7.90. The van der Waals surface area contributed by atoms with Gasteiger partial charge in [0, 0.05) is 13.5 Å². The SMILES string of the molecule is C=CCCC(=O)O[C@H](c1ccccc1)[C@@H](C)N(C)C(=O)[C@@H](CC=C)NC(=O)OC(C)(C)C. The van der Waals surface area contributed by atoms with Gasteiger partial charge < -0.3 is 19.7 Å². The van der Waals surface area contributed by atoms with Gasteiger partial charge in [0.15, 0.2) is 0 Å². The molecule has 2 amide bonds. The average molecular weight is 445 g/mol. The zero-order chi connectivity index (χ0) is 24.3. The molecule has 0 unspecified atom stereocenters. The topological polar surface area (TPSA) is 84.9 Å². The van der Waals surface area contributed by atoms with Gasteiger partial charge in [-0.1, -0.05) is 42.5 Å². The molecule has 1 aromatic carbocycles. The Kier molecular flexibility index (Phi) is 10.7. The zero-order valence-corrected chi connectivity index (χ0v) is 19.8. The second-order valence-corrected chi connectivity index (χ2v) is 8.56. The van der Waals surface area contributed by atoms with Gasteiger partial charge in [-0.15, -0.1) is 13.2 Å². The molecule has 3 atom stereocenters. The number of allylic oxidation sites excluding steroid dienone is 1. The fraction of sp³-hybridized carbons (Fsp3) is 0.480. The lowest BCUT2D eigenvalue weighted by atomic mass is 10.0. The van der Waals surface area contributed by atoms with Gasteiger partial charge >= 0.3 is 12.1 Å². The third-order valence-corrected chi connectivity index (χ3v) is 4.73. The van der Waals surface area contributed by atoms with Crippen LogP contribution < -0.4 is 5.32 Å². The molecular formula is C25H36N2O5. The van der Waals surface area contributed by atoms with E-state index in [2.05, 4.69) is 18.5 Å². The molecule has 0 aliphatic rings. The third-order valence-electron chi connectivity index (χ3n) is 4.73. The van der Waals surface area contributed by atoms with Gasteiger partial charge in [-0.2, -0.15) is 0 Å². The number of ether oxygens (including phenoxy) is 2. The first-order valence-electron chi connectivity index (χ1n) is 10.7. The molecule has 0 spiro atoms. The minimum absolute atomic E-state index is 0.205. The van der Waals surface area contributed by atoms with Crippen molar-refractivity contribution in [2.75, 3.05) is 7.05 Å². The van der Waals surface area contributed by atoms with Crippen LogP contribution in [-0.2, 0) is 19.1 Å². The summed E-state index contributed by atoms with van der Waals surface area (Å²) in [5, 5.41) is 2.61. The number of esters is 1. The summed E-state index contributed by atoms with van der Waals surface area (Å²) in [4.78, 5) is 39.3. The molecule has 0 bridgehead atoms. The van der Waals surface area contributed by atoms with Crippen molar-refractivity contribution >= 4 is 18.0 Å². The Balaban J connectivity index is 3.05. The molecule has 0 saturated heterocycles. The van der Waals surface area contributed by atoms with Crippen LogP contribution in [0.15, 0.2) is 55.6 Å². The highest BCUT2D eigenvalue weighted by Crippen LogP contribution is 2.26. The summed E-state index contributed by atoms with van der Waals surface area (Å²) in [7, 11) is 1.62. The number of carbonyl (C=O) groups is 3. The van der Waals surface area contributed by atoms with Gasteiger partial charge in [0.05, 0.1) is 6.04 Å². The lowest BCUT2D eigenvalue weighted by Crippen LogP contribution is -2.51. The van der Waals surface area contributed by atoms with Crippen molar-refractivity contribution < 1.29 is 23.9 Å². The van der Waals surface area contributed by atoms with Crippen molar-refractivity contribution in [3.05, 3.63) is 61.2 Å². The molecule has 0 heterocycles. The van der Waals surface area contributed by atoms with Crippen LogP contribution in [-0.4, -0.2) is 47.6 Å². The molecule has 7 heteroatoms. The van der Waals surface area contributed by atoms with E-state index in [1.165, 1.54) is 4.90 Å². The first-order valence-corrected chi connectivity index (χ1v) is 10.7. The Morgan fingerprint density at radius 2 is 1.75 bits per heavy atom. The van der Waals surface area contributed by atoms with Gasteiger partial charge in [-0.25, -0.2) is 4.79 Å². The number of alkyl carbamates (subject to hydrolysis) is 1. The first kappa shape index (κ1) is 26.9. The Bertz CT molecular complexity index is 785. The van der Waals surface area contributed by atoms with Crippen molar-refractivity contribution in [3.63, 3.8) is 0 Å². The molecule has 7 nitrogen and oxygen atoms in total. The number of benzene rings is 1. The molecule has 1 rings (SSSR count). The molecule has 0 radical (unpaired) electrons. The van der Waals surface area contributed by atoms with Gasteiger partial charge in [0.25, 0.3) is 0 Å². The summed E-state index contributed by atoms with van der Waals surface area (Å²) < 4.78 is 11.0. The molecule has 0 fully saturated rings. The lowest BCUT2D eigenvalue weighted by molar-refractivity contribution is -0.155. The highest BCUT2D eigenvalue weighted by atomic mass is 16.6. The van der Waals surface area contributed by atoms with Crippen LogP contribution in [0.1, 0.15) is 58.6 Å². The number of rotatable bonds is 11. The number of nitrogens with one attached hydrogen (secondary N) is 1. The average Bonchev–Trinajstić information content (AvgIpc) is 2.73. The van der Waals surface area contributed by atoms with E-state index < -0.39 is 29.9 Å². The number of carbonyl (C=O) groups excluding carboxylic acids is 3. The fourth-order valence-corrected chi connectivity index (χ4v) is 3.00. The predicted octanol–water partition coefficient (Wildman–Crippen LogP) is 4.55. The molecule has 0 saturated carbocycles. The van der Waals surface area contributed by atoms with E-state index in [1.54, 1.807) is 46.9 Å². The Hall–Kier alpha value is -3.09. The molecule has 32 heavy (non-hydrogen) atoms. The Morgan fingerprint density at radius 1 is 1.12 bits per heavy atom. The van der Waals surface area contributed by atoms with E-state index in [9.17, 15) is 14.4 Å². The van der Waals surface area contributed by atoms with Crippen LogP contribution in [0.25, 0.3) is 0 Å². The smallest absolute Gasteiger partial charge is 0.408 e. The minimum Gasteiger partial charge on any atom is -0.455 e. The second-order valence-electron chi connectivity index (χ2n) is 8.56. The number of amides is 2. The maximum Gasteiger partial charge on any atom is 0.408 e. The maximum absolute atomic E-state index is 13.2. The van der Waals surface area contributed by atoms with Gasteiger partial charge in [-0.3, -0.25) is 9.59 Å². The fourth-order valence-electron chi connectivity index (χ4n) is 3.00. The van der Waals surface area contributed by atoms with Crippen LogP contribution in [0.3, 0.4) is 0 Å². The number of hydrogen-bond donors (Lipinski definition) is 1. The lowest BCUT2D eigenvalue weighted by Gasteiger charge is -2.34. The third kappa shape index (κ3) is 8.96. The minimum atomic E-state index is -0.859. The van der Waals surface area contributed by atoms with Crippen LogP contribution in [0.4, 0.5) is 4.79 Å². The predicted molar refractivity (Wildman–Crippen MR) is 125 cm³/mol. The quantitative estimate of drug-likeness (QED) is 0.400. The van der Waals surface area contributed by atoms with Crippen molar-refractivity contribution in [2.24, 2.45) is 0 Å². The molecule has 0 aromatic heterocycles. The van der Waals surface area contributed by atoms with E-state index in [0.29, 0.717) is 6.42 Å². The standard InChI is InChI=1S/C25H36N2O5/c1-8-10-17-21(28)31-22(19-15-12-11-13-16-19)18(3)27(7)23(29)20(14-9-2)26-24(30)32-25(4,5)6/h8-9,11-13,15-16,18,20,22H,1-2,10,14,17H2,3-7H3,(H,26,30)/t18-,20-,22+/m1/s1. The first-order chi connectivity index (χ1) is 15.0.